The quantitative estimate of drug-likeness (QED) is 0.683. The van der Waals surface area contributed by atoms with Crippen molar-refractivity contribution in [2.45, 2.75) is 51.4 Å². The van der Waals surface area contributed by atoms with Crippen molar-refractivity contribution < 1.29 is 14.7 Å². The van der Waals surface area contributed by atoms with Gasteiger partial charge in [0.15, 0.2) is 0 Å². The highest BCUT2D eigenvalue weighted by atomic mass is 16.4. The second-order valence-electron chi connectivity index (χ2n) is 6.26. The summed E-state index contributed by atoms with van der Waals surface area (Å²) in [5.41, 5.74) is -0.742. The summed E-state index contributed by atoms with van der Waals surface area (Å²) < 4.78 is 0. The molecule has 1 aliphatic carbocycles. The van der Waals surface area contributed by atoms with Gasteiger partial charge in [-0.15, -0.1) is 0 Å². The fourth-order valence-electron chi connectivity index (χ4n) is 3.35. The molecule has 1 heterocycles. The molecule has 0 unspecified atom stereocenters. The van der Waals surface area contributed by atoms with E-state index in [-0.39, 0.29) is 18.4 Å². The molecule has 5 nitrogen and oxygen atoms in total. The second-order valence-corrected chi connectivity index (χ2v) is 6.26. The van der Waals surface area contributed by atoms with E-state index in [9.17, 15) is 14.7 Å². The number of piperidine rings is 1. The zero-order chi connectivity index (χ0) is 14.4. The molecule has 1 atom stereocenters. The highest BCUT2D eigenvalue weighted by Gasteiger charge is 2.39. The summed E-state index contributed by atoms with van der Waals surface area (Å²) in [6, 6.07) is 0. The summed E-state index contributed by atoms with van der Waals surface area (Å²) in [4.78, 5) is 23.8. The molecule has 0 radical (unpaired) electrons. The molecule has 0 aromatic carbocycles. The average Bonchev–Trinajstić information content (AvgIpc) is 2.72. The maximum atomic E-state index is 12.1. The van der Waals surface area contributed by atoms with Crippen molar-refractivity contribution in [3.63, 3.8) is 0 Å². The van der Waals surface area contributed by atoms with Gasteiger partial charge in [0.25, 0.3) is 0 Å². The first-order valence-corrected chi connectivity index (χ1v) is 7.86. The first kappa shape index (κ1) is 15.3. The number of hydrogen-bond acceptors (Lipinski definition) is 3. The smallest absolute Gasteiger partial charge is 0.311 e. The normalized spacial score (nSPS) is 26.5. The molecule has 0 spiro atoms. The molecule has 1 amide bonds. The largest absolute Gasteiger partial charge is 0.481 e. The number of hydrogen-bond donors (Lipinski definition) is 3. The minimum Gasteiger partial charge on any atom is -0.481 e. The third-order valence-corrected chi connectivity index (χ3v) is 4.78. The van der Waals surface area contributed by atoms with Crippen molar-refractivity contribution in [2.24, 2.45) is 11.3 Å². The van der Waals surface area contributed by atoms with Crippen LogP contribution < -0.4 is 10.6 Å². The molecule has 20 heavy (non-hydrogen) atoms. The van der Waals surface area contributed by atoms with Crippen LogP contribution in [0.5, 0.6) is 0 Å². The molecule has 3 N–H and O–H groups in total. The summed E-state index contributed by atoms with van der Waals surface area (Å²) in [6.45, 7) is 1.98. The van der Waals surface area contributed by atoms with Gasteiger partial charge in [0.2, 0.25) is 5.91 Å². The molecule has 1 saturated heterocycles. The Morgan fingerprint density at radius 2 is 1.85 bits per heavy atom. The molecule has 0 aromatic heterocycles. The Balaban J connectivity index is 1.91. The highest BCUT2D eigenvalue weighted by molar-refractivity contribution is 5.81. The van der Waals surface area contributed by atoms with Crippen LogP contribution in [-0.2, 0) is 9.59 Å². The van der Waals surface area contributed by atoms with Crippen molar-refractivity contribution >= 4 is 11.9 Å². The van der Waals surface area contributed by atoms with Crippen molar-refractivity contribution in [3.8, 4) is 0 Å². The fourth-order valence-corrected chi connectivity index (χ4v) is 3.35. The summed E-state index contributed by atoms with van der Waals surface area (Å²) in [5.74, 6) is -0.732. The number of nitrogens with one attached hydrogen (secondary N) is 2. The Labute approximate surface area is 120 Å². The monoisotopic (exact) mass is 282 g/mol. The number of amides is 1. The highest BCUT2D eigenvalue weighted by Crippen LogP contribution is 2.35. The maximum absolute atomic E-state index is 12.1. The van der Waals surface area contributed by atoms with E-state index in [0.717, 1.165) is 45.1 Å². The number of rotatable bonds is 4. The third-order valence-electron chi connectivity index (χ3n) is 4.78. The van der Waals surface area contributed by atoms with Crippen molar-refractivity contribution in [2.75, 3.05) is 19.6 Å². The summed E-state index contributed by atoms with van der Waals surface area (Å²) in [6.07, 6.45) is 7.41. The van der Waals surface area contributed by atoms with E-state index in [4.69, 9.17) is 0 Å². The van der Waals surface area contributed by atoms with Crippen LogP contribution in [0.1, 0.15) is 51.4 Å². The van der Waals surface area contributed by atoms with E-state index >= 15 is 0 Å². The molecular weight excluding hydrogens is 256 g/mol. The predicted octanol–water partition coefficient (Wildman–Crippen LogP) is 1.53. The molecule has 2 aliphatic rings. The number of carbonyl (C=O) groups is 2. The molecule has 0 bridgehead atoms. The van der Waals surface area contributed by atoms with Crippen LogP contribution in [0, 0.1) is 11.3 Å². The Bertz CT molecular complexity index is 343. The lowest BCUT2D eigenvalue weighted by atomic mass is 9.80. The lowest BCUT2D eigenvalue weighted by Gasteiger charge is -2.30. The number of carboxylic acids is 1. The lowest BCUT2D eigenvalue weighted by molar-refractivity contribution is -0.150. The van der Waals surface area contributed by atoms with Gasteiger partial charge in [-0.05, 0) is 32.2 Å². The molecule has 0 aromatic rings. The molecule has 2 fully saturated rings. The van der Waals surface area contributed by atoms with Gasteiger partial charge in [-0.1, -0.05) is 25.7 Å². The Kier molecular flexibility index (Phi) is 5.40. The van der Waals surface area contributed by atoms with Crippen LogP contribution in [0.15, 0.2) is 0 Å². The van der Waals surface area contributed by atoms with Gasteiger partial charge < -0.3 is 15.7 Å². The third kappa shape index (κ3) is 3.72. The van der Waals surface area contributed by atoms with Gasteiger partial charge in [0, 0.05) is 13.1 Å². The van der Waals surface area contributed by atoms with Crippen molar-refractivity contribution in [3.05, 3.63) is 0 Å². The fraction of sp³-hybridized carbons (Fsp3) is 0.867. The SMILES string of the molecule is O=C(NCC1(C(=O)O)CCCCCC1)[C@H]1CCCNC1. The molecule has 114 valence electrons. The van der Waals surface area contributed by atoms with E-state index in [1.54, 1.807) is 0 Å². The van der Waals surface area contributed by atoms with Crippen LogP contribution in [-0.4, -0.2) is 36.6 Å². The van der Waals surface area contributed by atoms with Gasteiger partial charge in [-0.25, -0.2) is 0 Å². The van der Waals surface area contributed by atoms with E-state index in [1.807, 2.05) is 0 Å². The second kappa shape index (κ2) is 7.07. The van der Waals surface area contributed by atoms with E-state index < -0.39 is 11.4 Å². The molecule has 1 saturated carbocycles. The topological polar surface area (TPSA) is 78.4 Å². The van der Waals surface area contributed by atoms with Gasteiger partial charge in [-0.3, -0.25) is 9.59 Å². The van der Waals surface area contributed by atoms with E-state index in [1.165, 1.54) is 0 Å². The average molecular weight is 282 g/mol. The van der Waals surface area contributed by atoms with Crippen LogP contribution in [0.25, 0.3) is 0 Å². The standard InChI is InChI=1S/C15H26N2O3/c18-13(12-6-5-9-16-10-12)17-11-15(14(19)20)7-3-1-2-4-8-15/h12,16H,1-11H2,(H,17,18)(H,19,20)/t12-/m0/s1. The van der Waals surface area contributed by atoms with Crippen LogP contribution in [0.3, 0.4) is 0 Å². The summed E-state index contributed by atoms with van der Waals surface area (Å²) in [7, 11) is 0. The molecule has 5 heteroatoms. The Morgan fingerprint density at radius 1 is 1.15 bits per heavy atom. The number of aliphatic carboxylic acids is 1. The minimum absolute atomic E-state index is 0.000345. The number of carbonyl (C=O) groups excluding carboxylic acids is 1. The molecule has 2 rings (SSSR count). The number of carboxylic acid groups (broad SMARTS) is 1. The maximum Gasteiger partial charge on any atom is 0.311 e. The summed E-state index contributed by atoms with van der Waals surface area (Å²) in [5, 5.41) is 15.7. The van der Waals surface area contributed by atoms with Crippen molar-refractivity contribution in [1.82, 2.24) is 10.6 Å². The van der Waals surface area contributed by atoms with Crippen LogP contribution in [0.4, 0.5) is 0 Å². The first-order chi connectivity index (χ1) is 9.64. The summed E-state index contributed by atoms with van der Waals surface area (Å²) >= 11 is 0. The van der Waals surface area contributed by atoms with Crippen LogP contribution >= 0.6 is 0 Å². The lowest BCUT2D eigenvalue weighted by Crippen LogP contribution is -2.47. The zero-order valence-electron chi connectivity index (χ0n) is 12.1. The Hall–Kier alpha value is -1.10. The molecular formula is C15H26N2O3. The Morgan fingerprint density at radius 3 is 2.40 bits per heavy atom. The van der Waals surface area contributed by atoms with Crippen LogP contribution in [0.2, 0.25) is 0 Å². The minimum atomic E-state index is -0.749. The van der Waals surface area contributed by atoms with E-state index in [0.29, 0.717) is 19.4 Å². The van der Waals surface area contributed by atoms with Crippen molar-refractivity contribution in [1.29, 1.82) is 0 Å². The van der Waals surface area contributed by atoms with Gasteiger partial charge in [0.1, 0.15) is 0 Å². The van der Waals surface area contributed by atoms with Gasteiger partial charge >= 0.3 is 5.97 Å². The predicted molar refractivity (Wildman–Crippen MR) is 76.4 cm³/mol. The zero-order valence-corrected chi connectivity index (χ0v) is 12.1. The molecule has 1 aliphatic heterocycles. The van der Waals surface area contributed by atoms with Gasteiger partial charge in [0.05, 0.1) is 11.3 Å². The van der Waals surface area contributed by atoms with Gasteiger partial charge in [-0.2, -0.15) is 0 Å². The van der Waals surface area contributed by atoms with E-state index in [2.05, 4.69) is 10.6 Å². The first-order valence-electron chi connectivity index (χ1n) is 7.86.